The lowest BCUT2D eigenvalue weighted by Crippen LogP contribution is -2.05. The molecule has 1 atom stereocenters. The van der Waals surface area contributed by atoms with Gasteiger partial charge in [0.1, 0.15) is 0 Å². The molecule has 1 aliphatic carbocycles. The summed E-state index contributed by atoms with van der Waals surface area (Å²) >= 11 is 5.98. The monoisotopic (exact) mass is 229 g/mol. The van der Waals surface area contributed by atoms with Gasteiger partial charge in [-0.15, -0.1) is 0 Å². The van der Waals surface area contributed by atoms with Gasteiger partial charge < -0.3 is 4.57 Å². The molecule has 0 radical (unpaired) electrons. The van der Waals surface area contributed by atoms with E-state index in [4.69, 9.17) is 11.6 Å². The average Bonchev–Trinajstić information content (AvgIpc) is 2.73. The highest BCUT2D eigenvalue weighted by Crippen LogP contribution is 2.26. The lowest BCUT2D eigenvalue weighted by atomic mass is 10.1. The van der Waals surface area contributed by atoms with Crippen LogP contribution in [0.25, 0.3) is 10.9 Å². The van der Waals surface area contributed by atoms with Crippen LogP contribution in [0.4, 0.5) is 0 Å². The van der Waals surface area contributed by atoms with Crippen LogP contribution in [0.2, 0.25) is 5.02 Å². The Morgan fingerprint density at radius 1 is 1.19 bits per heavy atom. The molecule has 1 heterocycles. The summed E-state index contributed by atoms with van der Waals surface area (Å²) in [5.74, 6) is 0. The van der Waals surface area contributed by atoms with Gasteiger partial charge in [0.2, 0.25) is 0 Å². The second kappa shape index (κ2) is 3.84. The van der Waals surface area contributed by atoms with Crippen molar-refractivity contribution >= 4 is 22.5 Å². The van der Waals surface area contributed by atoms with E-state index in [1.54, 1.807) is 0 Å². The van der Waals surface area contributed by atoms with Crippen LogP contribution in [0, 0.1) is 0 Å². The van der Waals surface area contributed by atoms with Gasteiger partial charge in [0.25, 0.3) is 0 Å². The molecule has 0 saturated heterocycles. The van der Waals surface area contributed by atoms with Crippen LogP contribution in [-0.4, -0.2) is 4.57 Å². The molecule has 80 valence electrons. The molecule has 0 N–H and O–H groups in total. The zero-order chi connectivity index (χ0) is 11.0. The molecule has 1 aromatic heterocycles. The zero-order valence-electron chi connectivity index (χ0n) is 8.81. The summed E-state index contributed by atoms with van der Waals surface area (Å²) in [5.41, 5.74) is 1.24. The first-order valence-electron chi connectivity index (χ1n) is 5.44. The van der Waals surface area contributed by atoms with Crippen molar-refractivity contribution in [2.45, 2.75) is 12.5 Å². The first kappa shape index (κ1) is 9.73. The number of aromatic nitrogens is 1. The molecule has 1 nitrogen and oxygen atoms in total. The number of allylic oxidation sites excluding steroid dienone is 4. The maximum Gasteiger partial charge on any atom is 0.0554 e. The van der Waals surface area contributed by atoms with Gasteiger partial charge in [-0.3, -0.25) is 0 Å². The summed E-state index contributed by atoms with van der Waals surface area (Å²) in [4.78, 5) is 0. The molecule has 1 unspecified atom stereocenters. The number of hydrogen-bond acceptors (Lipinski definition) is 0. The molecule has 2 heteroatoms. The number of halogens is 1. The van der Waals surface area contributed by atoms with Crippen LogP contribution in [0.3, 0.4) is 0 Å². The second-order valence-corrected chi connectivity index (χ2v) is 4.48. The Morgan fingerprint density at radius 2 is 2.12 bits per heavy atom. The van der Waals surface area contributed by atoms with E-state index in [2.05, 4.69) is 47.2 Å². The van der Waals surface area contributed by atoms with E-state index in [1.807, 2.05) is 12.1 Å². The Bertz CT molecular complexity index is 577. The van der Waals surface area contributed by atoms with Gasteiger partial charge in [-0.05, 0) is 30.7 Å². The van der Waals surface area contributed by atoms with Gasteiger partial charge in [-0.25, -0.2) is 0 Å². The minimum absolute atomic E-state index is 0.434. The molecule has 16 heavy (non-hydrogen) atoms. The smallest absolute Gasteiger partial charge is 0.0554 e. The molecule has 0 saturated carbocycles. The number of hydrogen-bond donors (Lipinski definition) is 0. The predicted molar refractivity (Wildman–Crippen MR) is 68.9 cm³/mol. The summed E-state index contributed by atoms with van der Waals surface area (Å²) < 4.78 is 2.30. The predicted octanol–water partition coefficient (Wildman–Crippen LogP) is 4.35. The third kappa shape index (κ3) is 1.57. The highest BCUT2D eigenvalue weighted by atomic mass is 35.5. The molecule has 1 aliphatic rings. The first-order valence-corrected chi connectivity index (χ1v) is 5.82. The Labute approximate surface area is 99.6 Å². The summed E-state index contributed by atoms with van der Waals surface area (Å²) in [6.07, 6.45) is 11.8. The standard InChI is InChI=1S/C14H12ClN/c15-12-6-7-14-11(10-12)8-9-16(14)13-4-2-1-3-5-13/h1-4,6-10,13H,5H2. The van der Waals surface area contributed by atoms with E-state index in [0.717, 1.165) is 11.4 Å². The van der Waals surface area contributed by atoms with Crippen molar-refractivity contribution in [1.29, 1.82) is 0 Å². The average molecular weight is 230 g/mol. The molecule has 0 amide bonds. The van der Waals surface area contributed by atoms with Crippen molar-refractivity contribution in [3.05, 3.63) is 59.8 Å². The third-order valence-corrected chi connectivity index (χ3v) is 3.23. The minimum atomic E-state index is 0.434. The largest absolute Gasteiger partial charge is 0.340 e. The van der Waals surface area contributed by atoms with Gasteiger partial charge in [-0.2, -0.15) is 0 Å². The number of fused-ring (bicyclic) bond motifs is 1. The molecule has 1 aromatic carbocycles. The molecule has 0 spiro atoms. The van der Waals surface area contributed by atoms with Crippen molar-refractivity contribution < 1.29 is 0 Å². The number of benzene rings is 1. The fourth-order valence-corrected chi connectivity index (χ4v) is 2.38. The third-order valence-electron chi connectivity index (χ3n) is 3.00. The molecular weight excluding hydrogens is 218 g/mol. The maximum atomic E-state index is 5.98. The van der Waals surface area contributed by atoms with Crippen molar-refractivity contribution in [2.75, 3.05) is 0 Å². The lowest BCUT2D eigenvalue weighted by molar-refractivity contribution is 0.629. The van der Waals surface area contributed by atoms with Crippen LogP contribution in [0.15, 0.2) is 54.8 Å². The fraction of sp³-hybridized carbons (Fsp3) is 0.143. The summed E-state index contributed by atoms with van der Waals surface area (Å²) in [7, 11) is 0. The van der Waals surface area contributed by atoms with Crippen LogP contribution >= 0.6 is 11.6 Å². The van der Waals surface area contributed by atoms with E-state index in [-0.39, 0.29) is 0 Å². The normalized spacial score (nSPS) is 19.4. The van der Waals surface area contributed by atoms with Crippen molar-refractivity contribution in [1.82, 2.24) is 4.57 Å². The molecule has 0 aliphatic heterocycles. The van der Waals surface area contributed by atoms with Gasteiger partial charge >= 0.3 is 0 Å². The highest BCUT2D eigenvalue weighted by molar-refractivity contribution is 6.31. The van der Waals surface area contributed by atoms with Gasteiger partial charge in [0.15, 0.2) is 0 Å². The summed E-state index contributed by atoms with van der Waals surface area (Å²) in [6, 6.07) is 8.60. The highest BCUT2D eigenvalue weighted by Gasteiger charge is 2.10. The van der Waals surface area contributed by atoms with Crippen molar-refractivity contribution in [3.8, 4) is 0 Å². The first-order chi connectivity index (χ1) is 7.84. The fourth-order valence-electron chi connectivity index (χ4n) is 2.20. The zero-order valence-corrected chi connectivity index (χ0v) is 9.56. The quantitative estimate of drug-likeness (QED) is 0.685. The number of rotatable bonds is 1. The van der Waals surface area contributed by atoms with Gasteiger partial charge in [0, 0.05) is 22.1 Å². The Morgan fingerprint density at radius 3 is 2.94 bits per heavy atom. The van der Waals surface area contributed by atoms with Gasteiger partial charge in [-0.1, -0.05) is 35.9 Å². The number of nitrogens with zero attached hydrogens (tertiary/aromatic N) is 1. The van der Waals surface area contributed by atoms with Crippen LogP contribution in [-0.2, 0) is 0 Å². The Kier molecular flexibility index (Phi) is 2.33. The topological polar surface area (TPSA) is 4.93 Å². The van der Waals surface area contributed by atoms with Crippen molar-refractivity contribution in [3.63, 3.8) is 0 Å². The van der Waals surface area contributed by atoms with Gasteiger partial charge in [0.05, 0.1) is 6.04 Å². The van der Waals surface area contributed by atoms with Crippen molar-refractivity contribution in [2.24, 2.45) is 0 Å². The SMILES string of the molecule is Clc1ccc2c(ccn2C2C=CC=CC2)c1. The molecular formula is C14H12ClN. The molecule has 2 aromatic rings. The molecule has 0 fully saturated rings. The Hall–Kier alpha value is -1.47. The van der Waals surface area contributed by atoms with E-state index in [9.17, 15) is 0 Å². The molecule has 0 bridgehead atoms. The van der Waals surface area contributed by atoms with E-state index in [0.29, 0.717) is 6.04 Å². The Balaban J connectivity index is 2.10. The second-order valence-electron chi connectivity index (χ2n) is 4.04. The van der Waals surface area contributed by atoms with E-state index < -0.39 is 0 Å². The van der Waals surface area contributed by atoms with E-state index in [1.165, 1.54) is 10.9 Å². The van der Waals surface area contributed by atoms with Crippen LogP contribution in [0.1, 0.15) is 12.5 Å². The summed E-state index contributed by atoms with van der Waals surface area (Å²) in [5, 5.41) is 2.00. The van der Waals surface area contributed by atoms with Crippen LogP contribution in [0.5, 0.6) is 0 Å². The summed E-state index contributed by atoms with van der Waals surface area (Å²) in [6.45, 7) is 0. The maximum absolute atomic E-state index is 5.98. The van der Waals surface area contributed by atoms with E-state index >= 15 is 0 Å². The van der Waals surface area contributed by atoms with Crippen LogP contribution < -0.4 is 0 Å². The minimum Gasteiger partial charge on any atom is -0.340 e. The lowest BCUT2D eigenvalue weighted by Gasteiger charge is -2.16. The molecule has 3 rings (SSSR count).